The summed E-state index contributed by atoms with van der Waals surface area (Å²) in [6.45, 7) is 0. The number of carbonyl (C=O) groups is 1. The molecule has 96 valence electrons. The van der Waals surface area contributed by atoms with Crippen molar-refractivity contribution in [1.29, 1.82) is 0 Å². The van der Waals surface area contributed by atoms with Crippen molar-refractivity contribution >= 4 is 22.8 Å². The van der Waals surface area contributed by atoms with Crippen molar-refractivity contribution in [3.05, 3.63) is 42.4 Å². The maximum absolute atomic E-state index is 12.0. The van der Waals surface area contributed by atoms with Crippen molar-refractivity contribution in [2.75, 3.05) is 5.32 Å². The van der Waals surface area contributed by atoms with E-state index in [9.17, 15) is 4.79 Å². The number of nitrogens with one attached hydrogen (secondary N) is 2. The van der Waals surface area contributed by atoms with Crippen LogP contribution in [0.4, 0.5) is 5.95 Å². The zero-order valence-corrected chi connectivity index (χ0v) is 10.4. The number of hydrogen-bond donors (Lipinski definition) is 2. The van der Waals surface area contributed by atoms with E-state index in [-0.39, 0.29) is 5.91 Å². The monoisotopic (exact) mass is 255 g/mol. The molecular weight excluding hydrogens is 242 g/mol. The average molecular weight is 255 g/mol. The molecule has 0 aliphatic rings. The molecule has 0 fully saturated rings. The summed E-state index contributed by atoms with van der Waals surface area (Å²) in [4.78, 5) is 19.1. The summed E-state index contributed by atoms with van der Waals surface area (Å²) in [7, 11) is 1.73. The lowest BCUT2D eigenvalue weighted by Crippen LogP contribution is -2.17. The molecule has 6 nitrogen and oxygen atoms in total. The zero-order chi connectivity index (χ0) is 13.2. The summed E-state index contributed by atoms with van der Waals surface area (Å²) in [5, 5.41) is 7.70. The van der Waals surface area contributed by atoms with Gasteiger partial charge in [0.25, 0.3) is 0 Å². The number of anilines is 1. The fourth-order valence-electron chi connectivity index (χ4n) is 2.03. The van der Waals surface area contributed by atoms with Gasteiger partial charge in [-0.1, -0.05) is 18.2 Å². The highest BCUT2D eigenvalue weighted by molar-refractivity contribution is 5.94. The molecule has 0 saturated carbocycles. The zero-order valence-electron chi connectivity index (χ0n) is 10.4. The number of fused-ring (bicyclic) bond motifs is 1. The predicted molar refractivity (Wildman–Crippen MR) is 71.6 cm³/mol. The number of hydrogen-bond acceptors (Lipinski definition) is 3. The number of aromatic nitrogens is 4. The van der Waals surface area contributed by atoms with Gasteiger partial charge in [-0.15, -0.1) is 0 Å². The van der Waals surface area contributed by atoms with Gasteiger partial charge in [0.1, 0.15) is 6.33 Å². The summed E-state index contributed by atoms with van der Waals surface area (Å²) >= 11 is 0. The van der Waals surface area contributed by atoms with E-state index in [1.807, 2.05) is 30.5 Å². The first-order chi connectivity index (χ1) is 9.24. The van der Waals surface area contributed by atoms with Crippen molar-refractivity contribution in [3.8, 4) is 0 Å². The first-order valence-corrected chi connectivity index (χ1v) is 5.93. The van der Waals surface area contributed by atoms with Gasteiger partial charge in [-0.25, -0.2) is 4.68 Å². The number of para-hydroxylation sites is 1. The van der Waals surface area contributed by atoms with Crippen LogP contribution in [0.1, 0.15) is 5.56 Å². The van der Waals surface area contributed by atoms with Crippen LogP contribution in [0.5, 0.6) is 0 Å². The standard InChI is InChI=1S/C13H13N5O/c1-18-13(15-8-16-18)17-12(19)6-9-7-14-11-5-3-2-4-10(9)11/h2-5,7-8,14H,6H2,1H3,(H,15,16,17,19). The van der Waals surface area contributed by atoms with Crippen LogP contribution in [-0.2, 0) is 18.3 Å². The highest BCUT2D eigenvalue weighted by Crippen LogP contribution is 2.18. The van der Waals surface area contributed by atoms with E-state index < -0.39 is 0 Å². The third-order valence-corrected chi connectivity index (χ3v) is 2.99. The van der Waals surface area contributed by atoms with E-state index in [4.69, 9.17) is 0 Å². The van der Waals surface area contributed by atoms with Gasteiger partial charge in [-0.3, -0.25) is 10.1 Å². The Balaban J connectivity index is 1.78. The van der Waals surface area contributed by atoms with Gasteiger partial charge in [0.2, 0.25) is 11.9 Å². The first kappa shape index (κ1) is 11.5. The minimum atomic E-state index is -0.110. The number of aromatic amines is 1. The molecule has 0 bridgehead atoms. The quantitative estimate of drug-likeness (QED) is 0.744. The fourth-order valence-corrected chi connectivity index (χ4v) is 2.03. The van der Waals surface area contributed by atoms with Crippen molar-refractivity contribution in [2.24, 2.45) is 7.05 Å². The number of nitrogens with zero attached hydrogens (tertiary/aromatic N) is 3. The maximum atomic E-state index is 12.0. The molecule has 0 atom stereocenters. The van der Waals surface area contributed by atoms with Gasteiger partial charge in [-0.05, 0) is 11.6 Å². The molecule has 2 heterocycles. The Bertz CT molecular complexity index is 727. The normalized spacial score (nSPS) is 10.8. The van der Waals surface area contributed by atoms with Crippen LogP contribution in [0, 0.1) is 0 Å². The SMILES string of the molecule is Cn1ncnc1NC(=O)Cc1c[nH]c2ccccc12. The number of amides is 1. The van der Waals surface area contributed by atoms with Crippen LogP contribution >= 0.6 is 0 Å². The third kappa shape index (κ3) is 2.20. The van der Waals surface area contributed by atoms with Crippen LogP contribution in [0.2, 0.25) is 0 Å². The lowest BCUT2D eigenvalue weighted by atomic mass is 10.1. The van der Waals surface area contributed by atoms with E-state index in [0.29, 0.717) is 12.4 Å². The molecule has 0 aliphatic carbocycles. The highest BCUT2D eigenvalue weighted by Gasteiger charge is 2.10. The lowest BCUT2D eigenvalue weighted by Gasteiger charge is -2.03. The summed E-state index contributed by atoms with van der Waals surface area (Å²) in [5.41, 5.74) is 2.00. The first-order valence-electron chi connectivity index (χ1n) is 5.93. The lowest BCUT2D eigenvalue weighted by molar-refractivity contribution is -0.115. The summed E-state index contributed by atoms with van der Waals surface area (Å²) < 4.78 is 1.52. The Morgan fingerprint density at radius 1 is 1.42 bits per heavy atom. The van der Waals surface area contributed by atoms with Gasteiger partial charge < -0.3 is 4.98 Å². The number of carbonyl (C=O) groups excluding carboxylic acids is 1. The molecule has 2 N–H and O–H groups in total. The van der Waals surface area contributed by atoms with Crippen LogP contribution in [-0.4, -0.2) is 25.7 Å². The molecule has 0 aliphatic heterocycles. The molecule has 3 aromatic rings. The average Bonchev–Trinajstić information content (AvgIpc) is 2.98. The van der Waals surface area contributed by atoms with Crippen LogP contribution in [0.3, 0.4) is 0 Å². The van der Waals surface area contributed by atoms with Crippen LogP contribution < -0.4 is 5.32 Å². The number of benzene rings is 1. The Morgan fingerprint density at radius 2 is 2.26 bits per heavy atom. The van der Waals surface area contributed by atoms with Gasteiger partial charge in [0.05, 0.1) is 6.42 Å². The second-order valence-electron chi connectivity index (χ2n) is 4.29. The summed E-state index contributed by atoms with van der Waals surface area (Å²) in [5.74, 6) is 0.339. The summed E-state index contributed by atoms with van der Waals surface area (Å²) in [6, 6.07) is 7.90. The number of aryl methyl sites for hydroxylation is 1. The molecular formula is C13H13N5O. The molecule has 0 unspecified atom stereocenters. The molecule has 0 spiro atoms. The minimum absolute atomic E-state index is 0.110. The van der Waals surface area contributed by atoms with Crippen molar-refractivity contribution in [3.63, 3.8) is 0 Å². The van der Waals surface area contributed by atoms with Crippen molar-refractivity contribution in [1.82, 2.24) is 19.7 Å². The Kier molecular flexibility index (Phi) is 2.75. The van der Waals surface area contributed by atoms with E-state index in [2.05, 4.69) is 20.4 Å². The third-order valence-electron chi connectivity index (χ3n) is 2.99. The van der Waals surface area contributed by atoms with Crippen molar-refractivity contribution in [2.45, 2.75) is 6.42 Å². The molecule has 1 aromatic carbocycles. The van der Waals surface area contributed by atoms with Gasteiger partial charge in [0.15, 0.2) is 0 Å². The molecule has 6 heteroatoms. The minimum Gasteiger partial charge on any atom is -0.361 e. The molecule has 0 saturated heterocycles. The number of rotatable bonds is 3. The van der Waals surface area contributed by atoms with E-state index >= 15 is 0 Å². The van der Waals surface area contributed by atoms with Crippen molar-refractivity contribution < 1.29 is 4.79 Å². The topological polar surface area (TPSA) is 75.6 Å². The Labute approximate surface area is 109 Å². The molecule has 0 radical (unpaired) electrons. The van der Waals surface area contributed by atoms with E-state index in [1.165, 1.54) is 11.0 Å². The molecule has 19 heavy (non-hydrogen) atoms. The summed E-state index contributed by atoms with van der Waals surface area (Å²) in [6.07, 6.45) is 3.57. The van der Waals surface area contributed by atoms with Crippen LogP contribution in [0.15, 0.2) is 36.8 Å². The van der Waals surface area contributed by atoms with Crippen LogP contribution in [0.25, 0.3) is 10.9 Å². The number of H-pyrrole nitrogens is 1. The molecule has 2 aromatic heterocycles. The Morgan fingerprint density at radius 3 is 3.05 bits per heavy atom. The second kappa shape index (κ2) is 4.56. The smallest absolute Gasteiger partial charge is 0.231 e. The largest absolute Gasteiger partial charge is 0.361 e. The molecule has 1 amide bonds. The van der Waals surface area contributed by atoms with E-state index in [0.717, 1.165) is 16.5 Å². The van der Waals surface area contributed by atoms with Gasteiger partial charge in [0, 0.05) is 24.1 Å². The fraction of sp³-hybridized carbons (Fsp3) is 0.154. The van der Waals surface area contributed by atoms with Gasteiger partial charge in [-0.2, -0.15) is 10.1 Å². The predicted octanol–water partition coefficient (Wildman–Crippen LogP) is 1.48. The second-order valence-corrected chi connectivity index (χ2v) is 4.29. The maximum Gasteiger partial charge on any atom is 0.231 e. The van der Waals surface area contributed by atoms with E-state index in [1.54, 1.807) is 7.05 Å². The van der Waals surface area contributed by atoms with Gasteiger partial charge >= 0.3 is 0 Å². The molecule has 3 rings (SSSR count). The highest BCUT2D eigenvalue weighted by atomic mass is 16.1. The Hall–Kier alpha value is -2.63.